The molecule has 1 saturated heterocycles. The molecule has 9 nitrogen and oxygen atoms in total. The maximum absolute atomic E-state index is 12.3. The van der Waals surface area contributed by atoms with Crippen molar-refractivity contribution in [2.75, 3.05) is 38.2 Å². The number of para-hydroxylation sites is 1. The number of rotatable bonds is 8. The van der Waals surface area contributed by atoms with E-state index in [0.29, 0.717) is 23.4 Å². The van der Waals surface area contributed by atoms with E-state index in [-0.39, 0.29) is 12.3 Å². The summed E-state index contributed by atoms with van der Waals surface area (Å²) in [7, 11) is 1.66. The van der Waals surface area contributed by atoms with Crippen molar-refractivity contribution in [2.24, 2.45) is 0 Å². The van der Waals surface area contributed by atoms with Crippen LogP contribution in [-0.4, -0.2) is 43.1 Å². The summed E-state index contributed by atoms with van der Waals surface area (Å²) in [6, 6.07) is 21.4. The normalized spacial score (nSPS) is 14.0. The lowest BCUT2D eigenvalue weighted by Gasteiger charge is -2.36. The smallest absolute Gasteiger partial charge is 0.336 e. The number of ether oxygens (including phenoxy) is 2. The molecule has 0 amide bonds. The predicted molar refractivity (Wildman–Crippen MR) is 140 cm³/mol. The lowest BCUT2D eigenvalue weighted by molar-refractivity contribution is -0.385. The minimum absolute atomic E-state index is 0.00388. The van der Waals surface area contributed by atoms with Gasteiger partial charge in [0.05, 0.1) is 17.6 Å². The second kappa shape index (κ2) is 10.7. The van der Waals surface area contributed by atoms with E-state index in [1.165, 1.54) is 11.8 Å². The Morgan fingerprint density at radius 3 is 2.38 bits per heavy atom. The number of benzene rings is 3. The van der Waals surface area contributed by atoms with Crippen molar-refractivity contribution in [3.05, 3.63) is 104 Å². The quantitative estimate of drug-likeness (QED) is 0.196. The second-order valence-corrected chi connectivity index (χ2v) is 8.88. The molecule has 3 aromatic carbocycles. The summed E-state index contributed by atoms with van der Waals surface area (Å²) in [4.78, 5) is 27.8. The average molecular weight is 502 g/mol. The van der Waals surface area contributed by atoms with E-state index in [2.05, 4.69) is 21.9 Å². The molecule has 1 aromatic heterocycles. The lowest BCUT2D eigenvalue weighted by atomic mass is 10.1. The summed E-state index contributed by atoms with van der Waals surface area (Å²) in [6.45, 7) is 4.17. The molecule has 1 aliphatic rings. The standard InChI is InChI=1S/C28H27N3O6/c1-35-23-8-6-22(7-9-23)30-14-12-29(13-15-30)18-21-16-28(32)37-27-17-24(10-11-25(21)27)36-19-20-4-2-3-5-26(20)31(33)34/h2-11,16-17H,12-15,18-19H2,1H3. The van der Waals surface area contributed by atoms with Gasteiger partial charge in [0.2, 0.25) is 0 Å². The first-order valence-corrected chi connectivity index (χ1v) is 12.0. The molecule has 190 valence electrons. The van der Waals surface area contributed by atoms with Crippen molar-refractivity contribution < 1.29 is 18.8 Å². The van der Waals surface area contributed by atoms with Crippen molar-refractivity contribution in [1.29, 1.82) is 0 Å². The highest BCUT2D eigenvalue weighted by Crippen LogP contribution is 2.27. The maximum Gasteiger partial charge on any atom is 0.336 e. The van der Waals surface area contributed by atoms with Crippen molar-refractivity contribution in [3.8, 4) is 11.5 Å². The van der Waals surface area contributed by atoms with Crippen LogP contribution in [0.4, 0.5) is 11.4 Å². The van der Waals surface area contributed by atoms with Crippen LogP contribution in [0.5, 0.6) is 11.5 Å². The van der Waals surface area contributed by atoms with Crippen LogP contribution in [-0.2, 0) is 13.2 Å². The molecule has 0 unspecified atom stereocenters. The number of anilines is 1. The number of piperazine rings is 1. The Morgan fingerprint density at radius 1 is 0.919 bits per heavy atom. The van der Waals surface area contributed by atoms with Crippen LogP contribution in [0.15, 0.2) is 82.0 Å². The van der Waals surface area contributed by atoms with Crippen molar-refractivity contribution >= 4 is 22.3 Å². The first-order valence-electron chi connectivity index (χ1n) is 12.0. The molecule has 0 radical (unpaired) electrons. The zero-order valence-electron chi connectivity index (χ0n) is 20.5. The zero-order chi connectivity index (χ0) is 25.8. The molecular formula is C28H27N3O6. The molecule has 4 aromatic rings. The summed E-state index contributed by atoms with van der Waals surface area (Å²) >= 11 is 0. The summed E-state index contributed by atoms with van der Waals surface area (Å²) < 4.78 is 16.5. The molecule has 0 aliphatic carbocycles. The Morgan fingerprint density at radius 2 is 1.65 bits per heavy atom. The number of hydrogen-bond donors (Lipinski definition) is 0. The van der Waals surface area contributed by atoms with Crippen molar-refractivity contribution in [1.82, 2.24) is 4.90 Å². The molecule has 9 heteroatoms. The topological polar surface area (TPSA) is 98.3 Å². The molecule has 0 bridgehead atoms. The Bertz CT molecular complexity index is 1460. The molecule has 37 heavy (non-hydrogen) atoms. The molecule has 2 heterocycles. The number of fused-ring (bicyclic) bond motifs is 1. The first-order chi connectivity index (χ1) is 18.0. The van der Waals surface area contributed by atoms with E-state index in [4.69, 9.17) is 13.9 Å². The van der Waals surface area contributed by atoms with E-state index in [1.807, 2.05) is 18.2 Å². The Labute approximate surface area is 213 Å². The van der Waals surface area contributed by atoms with Gasteiger partial charge in [0.25, 0.3) is 5.69 Å². The summed E-state index contributed by atoms with van der Waals surface area (Å²) in [5, 5.41) is 12.1. The highest BCUT2D eigenvalue weighted by Gasteiger charge is 2.19. The van der Waals surface area contributed by atoms with Crippen LogP contribution < -0.4 is 20.0 Å². The molecule has 0 atom stereocenters. The molecule has 0 N–H and O–H groups in total. The number of nitrogens with zero attached hydrogens (tertiary/aromatic N) is 3. The summed E-state index contributed by atoms with van der Waals surface area (Å²) in [5.74, 6) is 1.31. The van der Waals surface area contributed by atoms with Gasteiger partial charge in [-0.3, -0.25) is 15.0 Å². The van der Waals surface area contributed by atoms with Gasteiger partial charge in [-0.2, -0.15) is 0 Å². The average Bonchev–Trinajstić information content (AvgIpc) is 2.92. The predicted octanol–water partition coefficient (Wildman–Crippen LogP) is 4.61. The number of nitro groups is 1. The molecule has 5 rings (SSSR count). The van der Waals surface area contributed by atoms with Crippen LogP contribution >= 0.6 is 0 Å². The molecule has 0 saturated carbocycles. The third-order valence-electron chi connectivity index (χ3n) is 6.59. The van der Waals surface area contributed by atoms with Gasteiger partial charge in [-0.25, -0.2) is 4.79 Å². The van der Waals surface area contributed by atoms with E-state index in [1.54, 1.807) is 43.5 Å². The van der Waals surface area contributed by atoms with Gasteiger partial charge in [0.15, 0.2) is 0 Å². The van der Waals surface area contributed by atoms with Gasteiger partial charge in [0.1, 0.15) is 23.7 Å². The number of nitro benzene ring substituents is 1. The second-order valence-electron chi connectivity index (χ2n) is 8.88. The highest BCUT2D eigenvalue weighted by molar-refractivity contribution is 5.81. The van der Waals surface area contributed by atoms with E-state index in [9.17, 15) is 14.9 Å². The SMILES string of the molecule is COc1ccc(N2CCN(Cc3cc(=O)oc4cc(OCc5ccccc5[N+](=O)[O-])ccc34)CC2)cc1. The van der Waals surface area contributed by atoms with Crippen LogP contribution in [0.3, 0.4) is 0 Å². The third kappa shape index (κ3) is 5.57. The summed E-state index contributed by atoms with van der Waals surface area (Å²) in [6.07, 6.45) is 0. The van der Waals surface area contributed by atoms with E-state index >= 15 is 0 Å². The van der Waals surface area contributed by atoms with Crippen LogP contribution in [0.2, 0.25) is 0 Å². The number of hydrogen-bond acceptors (Lipinski definition) is 8. The summed E-state index contributed by atoms with van der Waals surface area (Å²) in [5.41, 5.74) is 2.55. The fourth-order valence-electron chi connectivity index (χ4n) is 4.60. The highest BCUT2D eigenvalue weighted by atomic mass is 16.6. The Hall–Kier alpha value is -4.37. The fraction of sp³-hybridized carbons (Fsp3) is 0.250. The van der Waals surface area contributed by atoms with Gasteiger partial charge in [-0.05, 0) is 48.0 Å². The van der Waals surface area contributed by atoms with Crippen molar-refractivity contribution in [3.63, 3.8) is 0 Å². The third-order valence-corrected chi connectivity index (χ3v) is 6.59. The minimum Gasteiger partial charge on any atom is -0.497 e. The van der Waals surface area contributed by atoms with Gasteiger partial charge in [-0.15, -0.1) is 0 Å². The first kappa shape index (κ1) is 24.3. The molecule has 1 aliphatic heterocycles. The monoisotopic (exact) mass is 501 g/mol. The number of methoxy groups -OCH3 is 1. The fourth-order valence-corrected chi connectivity index (χ4v) is 4.60. The zero-order valence-corrected chi connectivity index (χ0v) is 20.5. The Kier molecular flexibility index (Phi) is 7.04. The van der Waals surface area contributed by atoms with Crippen LogP contribution in [0.1, 0.15) is 11.1 Å². The molecule has 0 spiro atoms. The van der Waals surface area contributed by atoms with Crippen LogP contribution in [0.25, 0.3) is 11.0 Å². The van der Waals surface area contributed by atoms with Gasteiger partial charge < -0.3 is 18.8 Å². The largest absolute Gasteiger partial charge is 0.497 e. The molecule has 1 fully saturated rings. The van der Waals surface area contributed by atoms with Gasteiger partial charge in [0, 0.05) is 62.0 Å². The minimum atomic E-state index is -0.429. The maximum atomic E-state index is 12.3. The Balaban J connectivity index is 1.27. The van der Waals surface area contributed by atoms with E-state index < -0.39 is 10.5 Å². The van der Waals surface area contributed by atoms with Gasteiger partial charge in [-0.1, -0.05) is 12.1 Å². The van der Waals surface area contributed by atoms with Gasteiger partial charge >= 0.3 is 5.63 Å². The van der Waals surface area contributed by atoms with E-state index in [0.717, 1.165) is 42.9 Å². The lowest BCUT2D eigenvalue weighted by Crippen LogP contribution is -2.46. The van der Waals surface area contributed by atoms with Crippen LogP contribution in [0, 0.1) is 10.1 Å². The molecular weight excluding hydrogens is 474 g/mol. The van der Waals surface area contributed by atoms with Crippen molar-refractivity contribution in [2.45, 2.75) is 13.2 Å².